The summed E-state index contributed by atoms with van der Waals surface area (Å²) in [4.78, 5) is 0. The van der Waals surface area contributed by atoms with Crippen LogP contribution in [0.2, 0.25) is 0 Å². The fourth-order valence-corrected chi connectivity index (χ4v) is 3.47. The van der Waals surface area contributed by atoms with Crippen molar-refractivity contribution in [2.24, 2.45) is 5.92 Å². The van der Waals surface area contributed by atoms with Crippen LogP contribution in [-0.2, 0) is 0 Å². The van der Waals surface area contributed by atoms with E-state index in [1.165, 1.54) is 57.9 Å². The van der Waals surface area contributed by atoms with Gasteiger partial charge in [-0.15, -0.1) is 0 Å². The van der Waals surface area contributed by atoms with Gasteiger partial charge in [-0.05, 0) is 51.0 Å². The van der Waals surface area contributed by atoms with Gasteiger partial charge in [-0.2, -0.15) is 0 Å². The summed E-state index contributed by atoms with van der Waals surface area (Å²) in [6.45, 7) is 1.26. The van der Waals surface area contributed by atoms with Crippen LogP contribution in [0.5, 0.6) is 0 Å². The Morgan fingerprint density at radius 2 is 1.80 bits per heavy atom. The molecule has 0 aromatic heterocycles. The van der Waals surface area contributed by atoms with Crippen molar-refractivity contribution in [3.05, 3.63) is 0 Å². The number of hydrogen-bond acceptors (Lipinski definition) is 2. The Morgan fingerprint density at radius 3 is 2.53 bits per heavy atom. The summed E-state index contributed by atoms with van der Waals surface area (Å²) in [6, 6.07) is 2.56. The van der Waals surface area contributed by atoms with Gasteiger partial charge in [0.25, 0.3) is 0 Å². The van der Waals surface area contributed by atoms with E-state index in [1.807, 2.05) is 0 Å². The van der Waals surface area contributed by atoms with E-state index in [-0.39, 0.29) is 0 Å². The van der Waals surface area contributed by atoms with E-state index in [0.717, 1.165) is 24.0 Å². The van der Waals surface area contributed by atoms with Crippen molar-refractivity contribution in [2.75, 3.05) is 6.54 Å². The van der Waals surface area contributed by atoms with Gasteiger partial charge in [0.1, 0.15) is 0 Å². The van der Waals surface area contributed by atoms with Crippen LogP contribution < -0.4 is 10.6 Å². The lowest BCUT2D eigenvalue weighted by Gasteiger charge is -2.33. The van der Waals surface area contributed by atoms with Crippen molar-refractivity contribution >= 4 is 0 Å². The molecule has 0 bridgehead atoms. The molecule has 0 aromatic rings. The molecule has 1 heterocycles. The van der Waals surface area contributed by atoms with E-state index in [9.17, 15) is 0 Å². The standard InChI is InChI=1S/C13H24N2/c1-2-9-14-12(5-1)11-4-3-6-13(11)15-10-7-8-10/h10-15H,1-9H2. The van der Waals surface area contributed by atoms with Crippen molar-refractivity contribution in [2.45, 2.75) is 69.5 Å². The summed E-state index contributed by atoms with van der Waals surface area (Å²) >= 11 is 0. The lowest BCUT2D eigenvalue weighted by molar-refractivity contribution is 0.256. The highest BCUT2D eigenvalue weighted by Gasteiger charge is 2.36. The van der Waals surface area contributed by atoms with Crippen LogP contribution in [-0.4, -0.2) is 24.7 Å². The van der Waals surface area contributed by atoms with E-state index < -0.39 is 0 Å². The van der Waals surface area contributed by atoms with Gasteiger partial charge in [-0.1, -0.05) is 12.8 Å². The van der Waals surface area contributed by atoms with Gasteiger partial charge in [0.05, 0.1) is 0 Å². The van der Waals surface area contributed by atoms with Crippen molar-refractivity contribution in [1.82, 2.24) is 10.6 Å². The minimum Gasteiger partial charge on any atom is -0.314 e. The second-order valence-electron chi connectivity index (χ2n) is 5.70. The van der Waals surface area contributed by atoms with Crippen LogP contribution in [0, 0.1) is 5.92 Å². The molecular weight excluding hydrogens is 184 g/mol. The number of piperidine rings is 1. The van der Waals surface area contributed by atoms with Gasteiger partial charge in [0, 0.05) is 18.1 Å². The summed E-state index contributed by atoms with van der Waals surface area (Å²) in [5.74, 6) is 0.936. The van der Waals surface area contributed by atoms with Gasteiger partial charge < -0.3 is 10.6 Å². The lowest BCUT2D eigenvalue weighted by atomic mass is 9.88. The molecular formula is C13H24N2. The molecule has 2 nitrogen and oxygen atoms in total. The third-order valence-electron chi connectivity index (χ3n) is 4.46. The van der Waals surface area contributed by atoms with E-state index in [4.69, 9.17) is 0 Å². The monoisotopic (exact) mass is 208 g/mol. The minimum absolute atomic E-state index is 0.831. The van der Waals surface area contributed by atoms with E-state index >= 15 is 0 Å². The van der Waals surface area contributed by atoms with Crippen molar-refractivity contribution in [3.63, 3.8) is 0 Å². The molecule has 2 aliphatic carbocycles. The third-order valence-corrected chi connectivity index (χ3v) is 4.46. The fraction of sp³-hybridized carbons (Fsp3) is 1.00. The smallest absolute Gasteiger partial charge is 0.0113 e. The molecule has 15 heavy (non-hydrogen) atoms. The molecule has 2 N–H and O–H groups in total. The average Bonchev–Trinajstić information content (AvgIpc) is 2.96. The first kappa shape index (κ1) is 10.1. The van der Waals surface area contributed by atoms with Crippen LogP contribution in [0.25, 0.3) is 0 Å². The van der Waals surface area contributed by atoms with Crippen molar-refractivity contribution < 1.29 is 0 Å². The van der Waals surface area contributed by atoms with Crippen LogP contribution in [0.15, 0.2) is 0 Å². The molecule has 0 radical (unpaired) electrons. The normalized spacial score (nSPS) is 42.0. The molecule has 86 valence electrons. The molecule has 0 spiro atoms. The predicted molar refractivity (Wildman–Crippen MR) is 62.9 cm³/mol. The van der Waals surface area contributed by atoms with Gasteiger partial charge in [0.2, 0.25) is 0 Å². The molecule has 1 saturated heterocycles. The molecule has 3 aliphatic rings. The third kappa shape index (κ3) is 2.36. The second kappa shape index (κ2) is 4.42. The zero-order valence-corrected chi connectivity index (χ0v) is 9.67. The Balaban J connectivity index is 1.56. The average molecular weight is 208 g/mol. The second-order valence-corrected chi connectivity index (χ2v) is 5.70. The maximum atomic E-state index is 3.86. The lowest BCUT2D eigenvalue weighted by Crippen LogP contribution is -2.47. The summed E-state index contributed by atoms with van der Waals surface area (Å²) in [5, 5.41) is 7.60. The summed E-state index contributed by atoms with van der Waals surface area (Å²) < 4.78 is 0. The molecule has 2 saturated carbocycles. The van der Waals surface area contributed by atoms with Crippen LogP contribution in [0.3, 0.4) is 0 Å². The minimum atomic E-state index is 0.831. The summed E-state index contributed by atoms with van der Waals surface area (Å²) in [5.41, 5.74) is 0. The maximum Gasteiger partial charge on any atom is 0.0113 e. The van der Waals surface area contributed by atoms with Gasteiger partial charge in [0.15, 0.2) is 0 Å². The quantitative estimate of drug-likeness (QED) is 0.742. The van der Waals surface area contributed by atoms with Crippen LogP contribution >= 0.6 is 0 Å². The van der Waals surface area contributed by atoms with Gasteiger partial charge >= 0.3 is 0 Å². The SMILES string of the molecule is C1CCC(C2CCCC2NC2CC2)NC1. The van der Waals surface area contributed by atoms with Crippen molar-refractivity contribution in [1.29, 1.82) is 0 Å². The topological polar surface area (TPSA) is 24.1 Å². The van der Waals surface area contributed by atoms with E-state index in [2.05, 4.69) is 10.6 Å². The maximum absolute atomic E-state index is 3.86. The molecule has 2 heteroatoms. The Morgan fingerprint density at radius 1 is 0.867 bits per heavy atom. The first-order valence-electron chi connectivity index (χ1n) is 6.93. The van der Waals surface area contributed by atoms with Crippen molar-refractivity contribution in [3.8, 4) is 0 Å². The Bertz CT molecular complexity index is 207. The number of hydrogen-bond donors (Lipinski definition) is 2. The largest absolute Gasteiger partial charge is 0.314 e. The number of rotatable bonds is 3. The van der Waals surface area contributed by atoms with E-state index in [0.29, 0.717) is 0 Å². The Labute approximate surface area is 93.2 Å². The fourth-order valence-electron chi connectivity index (χ4n) is 3.47. The highest BCUT2D eigenvalue weighted by molar-refractivity contribution is 4.95. The highest BCUT2D eigenvalue weighted by Crippen LogP contribution is 2.34. The van der Waals surface area contributed by atoms with E-state index in [1.54, 1.807) is 0 Å². The predicted octanol–water partition coefficient (Wildman–Crippen LogP) is 2.05. The molecule has 1 aliphatic heterocycles. The highest BCUT2D eigenvalue weighted by atomic mass is 15.0. The molecule has 3 rings (SSSR count). The molecule has 0 aromatic carbocycles. The van der Waals surface area contributed by atoms with Gasteiger partial charge in [-0.25, -0.2) is 0 Å². The molecule has 3 atom stereocenters. The number of nitrogens with one attached hydrogen (secondary N) is 2. The Kier molecular flexibility index (Phi) is 2.98. The molecule has 3 unspecified atom stereocenters. The van der Waals surface area contributed by atoms with Crippen LogP contribution in [0.1, 0.15) is 51.4 Å². The molecule has 3 fully saturated rings. The zero-order chi connectivity index (χ0) is 10.1. The Hall–Kier alpha value is -0.0800. The first-order valence-corrected chi connectivity index (χ1v) is 6.93. The zero-order valence-electron chi connectivity index (χ0n) is 9.67. The first-order chi connectivity index (χ1) is 7.43. The molecule has 0 amide bonds. The van der Waals surface area contributed by atoms with Crippen LogP contribution in [0.4, 0.5) is 0 Å². The summed E-state index contributed by atoms with van der Waals surface area (Å²) in [7, 11) is 0. The summed E-state index contributed by atoms with van der Waals surface area (Å²) in [6.07, 6.45) is 11.5. The van der Waals surface area contributed by atoms with Gasteiger partial charge in [-0.3, -0.25) is 0 Å².